The molecule has 0 radical (unpaired) electrons. The number of Topliss-reactive ketones (excluding diaryl/α,β-unsaturated/α-hetero) is 2. The van der Waals surface area contributed by atoms with Crippen LogP contribution in [-0.4, -0.2) is 23.8 Å². The number of ketones is 2. The largest absolute Gasteiger partial charge is 0.369 e. The minimum absolute atomic E-state index is 0.0320. The van der Waals surface area contributed by atoms with E-state index in [2.05, 4.69) is 39.8 Å². The summed E-state index contributed by atoms with van der Waals surface area (Å²) in [6.07, 6.45) is 10.0. The molecule has 3 saturated carbocycles. The normalized spacial score (nSPS) is 55.7. The zero-order valence-corrected chi connectivity index (χ0v) is 16.0. The summed E-state index contributed by atoms with van der Waals surface area (Å²) in [5.41, 5.74) is -0.911. The van der Waals surface area contributed by atoms with Gasteiger partial charge in [-0.05, 0) is 50.9 Å². The van der Waals surface area contributed by atoms with Gasteiger partial charge in [0.1, 0.15) is 17.2 Å². The van der Waals surface area contributed by atoms with E-state index in [9.17, 15) is 9.59 Å². The third-order valence-corrected chi connectivity index (χ3v) is 9.81. The van der Waals surface area contributed by atoms with Crippen LogP contribution in [-0.2, 0) is 14.3 Å². The predicted octanol–water partition coefficient (Wildman–Crippen LogP) is 4.10. The lowest BCUT2D eigenvalue weighted by Gasteiger charge is -2.62. The SMILES string of the molecule is CC1(C)C(=O)CCC2[C@]34CC[C@]5(C)C(=O)CC[C@@]5(C)C3C=C[C@@]21OC4. The molecule has 1 spiro atoms. The lowest BCUT2D eigenvalue weighted by Crippen LogP contribution is -2.63. The van der Waals surface area contributed by atoms with Crippen LogP contribution in [0.4, 0.5) is 0 Å². The van der Waals surface area contributed by atoms with Crippen molar-refractivity contribution in [1.29, 1.82) is 0 Å². The molecule has 3 heteroatoms. The van der Waals surface area contributed by atoms with Crippen LogP contribution in [0.25, 0.3) is 0 Å². The molecule has 4 aliphatic carbocycles. The average molecular weight is 342 g/mol. The first-order valence-electron chi connectivity index (χ1n) is 10.0. The lowest BCUT2D eigenvalue weighted by atomic mass is 9.39. The Morgan fingerprint density at radius 3 is 2.52 bits per heavy atom. The molecule has 3 nitrogen and oxygen atoms in total. The molecule has 2 unspecified atom stereocenters. The Bertz CT molecular complexity index is 721. The smallest absolute Gasteiger partial charge is 0.141 e. The molecule has 1 heterocycles. The molecule has 5 aliphatic rings. The Kier molecular flexibility index (Phi) is 2.79. The van der Waals surface area contributed by atoms with Crippen molar-refractivity contribution in [2.75, 3.05) is 6.61 Å². The van der Waals surface area contributed by atoms with Gasteiger partial charge < -0.3 is 4.74 Å². The zero-order chi connectivity index (χ0) is 17.9. The molecular weight excluding hydrogens is 312 g/mol. The van der Waals surface area contributed by atoms with Gasteiger partial charge in [-0.2, -0.15) is 0 Å². The van der Waals surface area contributed by atoms with Gasteiger partial charge in [0.15, 0.2) is 0 Å². The van der Waals surface area contributed by atoms with Gasteiger partial charge in [-0.3, -0.25) is 9.59 Å². The summed E-state index contributed by atoms with van der Waals surface area (Å²) in [7, 11) is 0. The highest BCUT2D eigenvalue weighted by Gasteiger charge is 2.75. The number of rotatable bonds is 0. The minimum Gasteiger partial charge on any atom is -0.369 e. The summed E-state index contributed by atoms with van der Waals surface area (Å²) in [5.74, 6) is 1.62. The second kappa shape index (κ2) is 4.30. The fourth-order valence-electron chi connectivity index (χ4n) is 7.81. The average Bonchev–Trinajstić information content (AvgIpc) is 2.93. The zero-order valence-electron chi connectivity index (χ0n) is 16.0. The van der Waals surface area contributed by atoms with E-state index in [4.69, 9.17) is 4.74 Å². The van der Waals surface area contributed by atoms with E-state index < -0.39 is 11.0 Å². The molecule has 4 fully saturated rings. The molecule has 136 valence electrons. The van der Waals surface area contributed by atoms with Gasteiger partial charge in [0.25, 0.3) is 0 Å². The molecule has 25 heavy (non-hydrogen) atoms. The number of ether oxygens (including phenoxy) is 1. The van der Waals surface area contributed by atoms with E-state index in [1.165, 1.54) is 0 Å². The van der Waals surface area contributed by atoms with E-state index in [0.29, 0.717) is 29.8 Å². The monoisotopic (exact) mass is 342 g/mol. The Morgan fingerprint density at radius 1 is 1.00 bits per heavy atom. The lowest BCUT2D eigenvalue weighted by molar-refractivity contribution is -0.158. The molecule has 2 bridgehead atoms. The van der Waals surface area contributed by atoms with Crippen molar-refractivity contribution in [2.45, 2.75) is 71.8 Å². The number of fused-ring (bicyclic) bond motifs is 2. The van der Waals surface area contributed by atoms with Crippen molar-refractivity contribution >= 4 is 11.6 Å². The second-order valence-corrected chi connectivity index (χ2v) is 10.5. The van der Waals surface area contributed by atoms with Crippen molar-refractivity contribution in [3.8, 4) is 0 Å². The Morgan fingerprint density at radius 2 is 1.76 bits per heavy atom. The van der Waals surface area contributed by atoms with Crippen LogP contribution >= 0.6 is 0 Å². The fraction of sp³-hybridized carbons (Fsp3) is 0.818. The Labute approximate surface area is 150 Å². The molecule has 0 aromatic heterocycles. The molecular formula is C22H30O3. The summed E-state index contributed by atoms with van der Waals surface area (Å²) in [5, 5.41) is 0. The van der Waals surface area contributed by atoms with Crippen LogP contribution in [0.3, 0.4) is 0 Å². The molecule has 0 aromatic rings. The summed E-state index contributed by atoms with van der Waals surface area (Å²) >= 11 is 0. The minimum atomic E-state index is -0.450. The van der Waals surface area contributed by atoms with Crippen LogP contribution < -0.4 is 0 Å². The Hall–Kier alpha value is -0.960. The molecule has 0 N–H and O–H groups in total. The highest BCUT2D eigenvalue weighted by Crippen LogP contribution is 2.74. The van der Waals surface area contributed by atoms with Crippen LogP contribution in [0.15, 0.2) is 12.2 Å². The third kappa shape index (κ3) is 1.44. The van der Waals surface area contributed by atoms with Crippen LogP contribution in [0.2, 0.25) is 0 Å². The van der Waals surface area contributed by atoms with Crippen LogP contribution in [0.5, 0.6) is 0 Å². The number of allylic oxidation sites excluding steroid dienone is 1. The Balaban J connectivity index is 1.69. The summed E-state index contributed by atoms with van der Waals surface area (Å²) in [6, 6.07) is 0. The van der Waals surface area contributed by atoms with Gasteiger partial charge in [-0.15, -0.1) is 0 Å². The van der Waals surface area contributed by atoms with Crippen molar-refractivity contribution in [1.82, 2.24) is 0 Å². The number of hydrogen-bond acceptors (Lipinski definition) is 3. The number of carbonyl (C=O) groups is 2. The summed E-state index contributed by atoms with van der Waals surface area (Å²) in [6.45, 7) is 9.50. The van der Waals surface area contributed by atoms with Gasteiger partial charge in [-0.25, -0.2) is 0 Å². The van der Waals surface area contributed by atoms with Gasteiger partial charge in [0, 0.05) is 29.6 Å². The first-order valence-corrected chi connectivity index (χ1v) is 10.0. The van der Waals surface area contributed by atoms with Crippen LogP contribution in [0, 0.1) is 33.5 Å². The van der Waals surface area contributed by atoms with Gasteiger partial charge in [0.2, 0.25) is 0 Å². The molecule has 0 amide bonds. The molecule has 5 rings (SSSR count). The highest BCUT2D eigenvalue weighted by atomic mass is 16.5. The maximum atomic E-state index is 12.7. The molecule has 1 aliphatic heterocycles. The van der Waals surface area contributed by atoms with Gasteiger partial charge >= 0.3 is 0 Å². The third-order valence-electron chi connectivity index (χ3n) is 9.81. The quantitative estimate of drug-likeness (QED) is 0.623. The van der Waals surface area contributed by atoms with Gasteiger partial charge in [0.05, 0.1) is 12.0 Å². The second-order valence-electron chi connectivity index (χ2n) is 10.5. The van der Waals surface area contributed by atoms with Crippen molar-refractivity contribution in [3.63, 3.8) is 0 Å². The summed E-state index contributed by atoms with van der Waals surface area (Å²) < 4.78 is 6.58. The molecule has 6 atom stereocenters. The van der Waals surface area contributed by atoms with Gasteiger partial charge in [-0.1, -0.05) is 26.0 Å². The first kappa shape index (κ1) is 16.2. The summed E-state index contributed by atoms with van der Waals surface area (Å²) in [4.78, 5) is 25.4. The van der Waals surface area contributed by atoms with Crippen LogP contribution in [0.1, 0.15) is 66.2 Å². The van der Waals surface area contributed by atoms with Crippen molar-refractivity contribution in [3.05, 3.63) is 12.2 Å². The molecule has 1 saturated heterocycles. The van der Waals surface area contributed by atoms with E-state index in [-0.39, 0.29) is 16.2 Å². The number of hydrogen-bond donors (Lipinski definition) is 0. The first-order chi connectivity index (χ1) is 11.6. The van der Waals surface area contributed by atoms with E-state index in [0.717, 1.165) is 38.7 Å². The van der Waals surface area contributed by atoms with E-state index in [1.54, 1.807) is 0 Å². The number of carbonyl (C=O) groups excluding carboxylic acids is 2. The maximum absolute atomic E-state index is 12.7. The predicted molar refractivity (Wildman–Crippen MR) is 94.9 cm³/mol. The fourth-order valence-corrected chi connectivity index (χ4v) is 7.81. The van der Waals surface area contributed by atoms with E-state index >= 15 is 0 Å². The molecule has 0 aromatic carbocycles. The van der Waals surface area contributed by atoms with E-state index in [1.807, 2.05) is 0 Å². The standard InChI is InChI=1S/C22H30O3/c1-18(2)16(23)6-5-15-21-12-11-20(4)17(24)8-9-19(20,3)14(21)7-10-22(15,18)25-13-21/h7,10,14-15H,5-6,8-9,11-13H2,1-4H3/t14?,15?,19-,20+,21-,22+/m0/s1. The van der Waals surface area contributed by atoms with Crippen molar-refractivity contribution < 1.29 is 14.3 Å². The highest BCUT2D eigenvalue weighted by molar-refractivity contribution is 5.89. The van der Waals surface area contributed by atoms with Crippen molar-refractivity contribution in [2.24, 2.45) is 33.5 Å². The topological polar surface area (TPSA) is 43.4 Å². The maximum Gasteiger partial charge on any atom is 0.141 e.